The number of nitrogens with zero attached hydrogens (tertiary/aromatic N) is 2. The second-order valence-electron chi connectivity index (χ2n) is 4.02. The molecule has 0 spiro atoms. The Kier molecular flexibility index (Phi) is 3.57. The van der Waals surface area contributed by atoms with Crippen LogP contribution >= 0.6 is 0 Å². The number of nitrogens with one attached hydrogen (secondary N) is 2. The van der Waals surface area contributed by atoms with Crippen molar-refractivity contribution in [1.82, 2.24) is 20.4 Å². The van der Waals surface area contributed by atoms with Gasteiger partial charge in [-0.1, -0.05) is 25.8 Å². The Morgan fingerprint density at radius 3 is 2.67 bits per heavy atom. The van der Waals surface area contributed by atoms with E-state index in [9.17, 15) is 0 Å². The smallest absolute Gasteiger partial charge is 0.0676 e. The molecule has 2 heterocycles. The van der Waals surface area contributed by atoms with Gasteiger partial charge in [0.2, 0.25) is 0 Å². The van der Waals surface area contributed by atoms with Crippen LogP contribution in [0.5, 0.6) is 0 Å². The van der Waals surface area contributed by atoms with Crippen LogP contribution in [0.15, 0.2) is 32.1 Å². The Balaban J connectivity index is 2.05. The zero-order valence-electron chi connectivity index (χ0n) is 10.2. The normalized spacial score (nSPS) is 10.2. The van der Waals surface area contributed by atoms with Crippen LogP contribution in [0.25, 0.3) is 17.7 Å². The molecule has 2 aromatic heterocycles. The Morgan fingerprint density at radius 2 is 1.94 bits per heavy atom. The molecule has 0 atom stereocenters. The molecule has 4 nitrogen and oxygen atoms in total. The maximum Gasteiger partial charge on any atom is 0.0676 e. The van der Waals surface area contributed by atoms with Crippen LogP contribution in [0.2, 0.25) is 0 Å². The molecule has 0 aliphatic rings. The molecule has 0 bridgehead atoms. The van der Waals surface area contributed by atoms with Crippen molar-refractivity contribution >= 4 is 17.7 Å². The van der Waals surface area contributed by atoms with Gasteiger partial charge in [-0.15, -0.1) is 0 Å². The van der Waals surface area contributed by atoms with Crippen LogP contribution in [0, 0.1) is 0 Å². The molecule has 92 valence electrons. The highest BCUT2D eigenvalue weighted by atomic mass is 15.1. The van der Waals surface area contributed by atoms with Crippen molar-refractivity contribution in [1.29, 1.82) is 0 Å². The molecule has 0 amide bonds. The van der Waals surface area contributed by atoms with Gasteiger partial charge in [-0.2, -0.15) is 10.2 Å². The van der Waals surface area contributed by atoms with E-state index in [0.717, 1.165) is 40.9 Å². The minimum Gasteiger partial charge on any atom is -0.278 e. The Morgan fingerprint density at radius 1 is 1.17 bits per heavy atom. The maximum atomic E-state index is 4.09. The molecule has 0 unspecified atom stereocenters. The summed E-state index contributed by atoms with van der Waals surface area (Å²) in [6.07, 6.45) is 8.83. The first-order valence-corrected chi connectivity index (χ1v) is 5.75. The first-order valence-electron chi connectivity index (χ1n) is 5.75. The van der Waals surface area contributed by atoms with Crippen molar-refractivity contribution < 1.29 is 0 Å². The van der Waals surface area contributed by atoms with Gasteiger partial charge in [0.15, 0.2) is 0 Å². The second-order valence-corrected chi connectivity index (χ2v) is 4.02. The number of H-pyrrole nitrogens is 2. The monoisotopic (exact) mass is 240 g/mol. The van der Waals surface area contributed by atoms with Crippen LogP contribution in [0.1, 0.15) is 28.9 Å². The van der Waals surface area contributed by atoms with E-state index < -0.39 is 0 Å². The summed E-state index contributed by atoms with van der Waals surface area (Å²) in [6.45, 7) is 11.6. The van der Waals surface area contributed by atoms with E-state index in [1.165, 1.54) is 0 Å². The van der Waals surface area contributed by atoms with Crippen molar-refractivity contribution in [2.75, 3.05) is 0 Å². The van der Waals surface area contributed by atoms with Crippen LogP contribution in [0.4, 0.5) is 0 Å². The fourth-order valence-electron chi connectivity index (χ4n) is 1.84. The number of hydrogen-bond acceptors (Lipinski definition) is 2. The average Bonchev–Trinajstić information content (AvgIpc) is 3.03. The van der Waals surface area contributed by atoms with Gasteiger partial charge < -0.3 is 0 Å². The van der Waals surface area contributed by atoms with Gasteiger partial charge >= 0.3 is 0 Å². The van der Waals surface area contributed by atoms with Gasteiger partial charge in [0.1, 0.15) is 0 Å². The van der Waals surface area contributed by atoms with Crippen molar-refractivity contribution in [2.45, 2.75) is 12.8 Å². The summed E-state index contributed by atoms with van der Waals surface area (Å²) in [6, 6.07) is 0. The SMILES string of the molecule is C=Cc1cn[nH]c1C(=C)CCc1cn[nH]c1C=C. The fraction of sp³-hybridized carbons (Fsp3) is 0.143. The molecule has 0 saturated heterocycles. The molecule has 2 aromatic rings. The highest BCUT2D eigenvalue weighted by molar-refractivity contribution is 5.69. The Bertz CT molecular complexity index is 574. The van der Waals surface area contributed by atoms with Crippen LogP contribution in [-0.4, -0.2) is 20.4 Å². The quantitative estimate of drug-likeness (QED) is 0.815. The molecule has 18 heavy (non-hydrogen) atoms. The standard InChI is InChI=1S/C14H16N4/c1-4-11-8-16-18-14(11)10(3)6-7-12-9-15-17-13(12)5-2/h4-5,8-9H,1-3,6-7H2,(H,15,17)(H,16,18). The van der Waals surface area contributed by atoms with Gasteiger partial charge in [-0.05, 0) is 30.1 Å². The number of hydrogen-bond donors (Lipinski definition) is 2. The van der Waals surface area contributed by atoms with Gasteiger partial charge in [-0.3, -0.25) is 10.2 Å². The van der Waals surface area contributed by atoms with Crippen LogP contribution < -0.4 is 0 Å². The Labute approximate surface area is 106 Å². The highest BCUT2D eigenvalue weighted by Crippen LogP contribution is 2.21. The van der Waals surface area contributed by atoms with Crippen molar-refractivity contribution in [2.24, 2.45) is 0 Å². The number of aromatic nitrogens is 4. The third kappa shape index (κ3) is 2.32. The van der Waals surface area contributed by atoms with Gasteiger partial charge in [0.05, 0.1) is 23.8 Å². The minimum atomic E-state index is 0.837. The highest BCUT2D eigenvalue weighted by Gasteiger charge is 2.08. The largest absolute Gasteiger partial charge is 0.278 e. The zero-order valence-corrected chi connectivity index (χ0v) is 10.2. The molecule has 0 saturated carbocycles. The lowest BCUT2D eigenvalue weighted by atomic mass is 10.0. The summed E-state index contributed by atoms with van der Waals surface area (Å²) in [5.74, 6) is 0. The molecule has 0 aromatic carbocycles. The summed E-state index contributed by atoms with van der Waals surface area (Å²) >= 11 is 0. The van der Waals surface area contributed by atoms with E-state index in [0.29, 0.717) is 0 Å². The summed E-state index contributed by atoms with van der Waals surface area (Å²) in [5.41, 5.74) is 5.06. The molecule has 2 rings (SSSR count). The third-order valence-corrected chi connectivity index (χ3v) is 2.89. The van der Waals surface area contributed by atoms with Crippen molar-refractivity contribution in [3.05, 3.63) is 54.6 Å². The van der Waals surface area contributed by atoms with E-state index in [4.69, 9.17) is 0 Å². The second kappa shape index (κ2) is 5.31. The lowest BCUT2D eigenvalue weighted by Gasteiger charge is -2.04. The van der Waals surface area contributed by atoms with Crippen LogP contribution in [0.3, 0.4) is 0 Å². The van der Waals surface area contributed by atoms with Gasteiger partial charge in [-0.25, -0.2) is 0 Å². The number of allylic oxidation sites excluding steroid dienone is 1. The lowest BCUT2D eigenvalue weighted by molar-refractivity contribution is 0.992. The zero-order chi connectivity index (χ0) is 13.0. The molecule has 0 aliphatic heterocycles. The molecule has 4 heteroatoms. The molecular formula is C14H16N4. The molecular weight excluding hydrogens is 224 g/mol. The molecule has 0 fully saturated rings. The van der Waals surface area contributed by atoms with Gasteiger partial charge in [0, 0.05) is 5.56 Å². The van der Waals surface area contributed by atoms with E-state index in [-0.39, 0.29) is 0 Å². The van der Waals surface area contributed by atoms with E-state index in [2.05, 4.69) is 40.1 Å². The maximum absolute atomic E-state index is 4.09. The van der Waals surface area contributed by atoms with Crippen LogP contribution in [-0.2, 0) is 6.42 Å². The molecule has 0 aliphatic carbocycles. The lowest BCUT2D eigenvalue weighted by Crippen LogP contribution is -1.91. The summed E-state index contributed by atoms with van der Waals surface area (Å²) in [7, 11) is 0. The van der Waals surface area contributed by atoms with E-state index in [1.54, 1.807) is 18.3 Å². The fourth-order valence-corrected chi connectivity index (χ4v) is 1.84. The predicted molar refractivity (Wildman–Crippen MR) is 74.7 cm³/mol. The molecule has 0 radical (unpaired) electrons. The summed E-state index contributed by atoms with van der Waals surface area (Å²) < 4.78 is 0. The Hall–Kier alpha value is -2.36. The number of aromatic amines is 2. The van der Waals surface area contributed by atoms with Gasteiger partial charge in [0.25, 0.3) is 0 Å². The molecule has 2 N–H and O–H groups in total. The average molecular weight is 240 g/mol. The first-order chi connectivity index (χ1) is 8.76. The topological polar surface area (TPSA) is 57.4 Å². The summed E-state index contributed by atoms with van der Waals surface area (Å²) in [4.78, 5) is 0. The summed E-state index contributed by atoms with van der Waals surface area (Å²) in [5, 5.41) is 13.9. The van der Waals surface area contributed by atoms with Crippen molar-refractivity contribution in [3.63, 3.8) is 0 Å². The number of rotatable bonds is 6. The van der Waals surface area contributed by atoms with E-state index in [1.807, 2.05) is 6.20 Å². The first kappa shape index (κ1) is 12.1. The third-order valence-electron chi connectivity index (χ3n) is 2.89. The van der Waals surface area contributed by atoms with E-state index >= 15 is 0 Å². The minimum absolute atomic E-state index is 0.837. The number of aryl methyl sites for hydroxylation is 1. The predicted octanol–water partition coefficient (Wildman–Crippen LogP) is 3.06. The van der Waals surface area contributed by atoms with Crippen molar-refractivity contribution in [3.8, 4) is 0 Å².